The zero-order valence-corrected chi connectivity index (χ0v) is 6.60. The molecule has 1 amide bonds. The van der Waals surface area contributed by atoms with Gasteiger partial charge in [-0.2, -0.15) is 0 Å². The molecule has 0 aliphatic heterocycles. The molecule has 3 heteroatoms. The Hall–Kier alpha value is -0.860. The highest BCUT2D eigenvalue weighted by molar-refractivity contribution is 6.03. The van der Waals surface area contributed by atoms with E-state index in [4.69, 9.17) is 5.73 Å². The molecule has 0 saturated heterocycles. The van der Waals surface area contributed by atoms with Crippen LogP contribution >= 0.6 is 0 Å². The molecule has 0 aromatic rings. The van der Waals surface area contributed by atoms with Crippen LogP contribution in [0.3, 0.4) is 0 Å². The predicted molar refractivity (Wildman–Crippen MR) is 38.3 cm³/mol. The van der Waals surface area contributed by atoms with Gasteiger partial charge < -0.3 is 5.73 Å². The van der Waals surface area contributed by atoms with Crippen molar-refractivity contribution in [2.24, 2.45) is 11.1 Å². The molecule has 0 rings (SSSR count). The van der Waals surface area contributed by atoms with Crippen LogP contribution in [-0.4, -0.2) is 11.7 Å². The Labute approximate surface area is 60.6 Å². The Morgan fingerprint density at radius 2 is 1.90 bits per heavy atom. The molecule has 58 valence electrons. The van der Waals surface area contributed by atoms with E-state index in [-0.39, 0.29) is 5.78 Å². The molecular weight excluding hydrogens is 130 g/mol. The van der Waals surface area contributed by atoms with Crippen LogP contribution in [0.1, 0.15) is 27.2 Å². The zero-order valence-electron chi connectivity index (χ0n) is 6.60. The van der Waals surface area contributed by atoms with Crippen molar-refractivity contribution in [2.45, 2.75) is 27.2 Å². The Balaban J connectivity index is 4.55. The summed E-state index contributed by atoms with van der Waals surface area (Å²) in [5.41, 5.74) is 4.06. The first kappa shape index (κ1) is 9.14. The van der Waals surface area contributed by atoms with Gasteiger partial charge in [0.25, 0.3) is 0 Å². The van der Waals surface area contributed by atoms with E-state index < -0.39 is 11.3 Å². The summed E-state index contributed by atoms with van der Waals surface area (Å²) in [4.78, 5) is 21.5. The second-order valence-electron chi connectivity index (χ2n) is 2.61. The molecule has 2 N–H and O–H groups in total. The maximum Gasteiger partial charge on any atom is 0.230 e. The minimum atomic E-state index is -0.958. The van der Waals surface area contributed by atoms with Crippen LogP contribution in [0, 0.1) is 5.41 Å². The highest BCUT2D eigenvalue weighted by atomic mass is 16.2. The molecule has 0 spiro atoms. The number of hydrogen-bond donors (Lipinski definition) is 1. The highest BCUT2D eigenvalue weighted by Gasteiger charge is 2.33. The van der Waals surface area contributed by atoms with Crippen molar-refractivity contribution in [1.29, 1.82) is 0 Å². The van der Waals surface area contributed by atoms with Crippen molar-refractivity contribution in [2.75, 3.05) is 0 Å². The molecule has 3 nitrogen and oxygen atoms in total. The van der Waals surface area contributed by atoms with Crippen LogP contribution in [0.5, 0.6) is 0 Å². The van der Waals surface area contributed by atoms with Crippen molar-refractivity contribution < 1.29 is 9.59 Å². The quantitative estimate of drug-likeness (QED) is 0.584. The van der Waals surface area contributed by atoms with Crippen LogP contribution < -0.4 is 5.73 Å². The average molecular weight is 143 g/mol. The number of Topliss-reactive ketones (excluding diaryl/α,β-unsaturated/α-hetero) is 1. The number of carbonyl (C=O) groups excluding carboxylic acids is 2. The van der Waals surface area contributed by atoms with Crippen LogP contribution in [0.15, 0.2) is 0 Å². The molecule has 0 fully saturated rings. The van der Waals surface area contributed by atoms with Gasteiger partial charge in [-0.25, -0.2) is 0 Å². The number of hydrogen-bond acceptors (Lipinski definition) is 2. The van der Waals surface area contributed by atoms with Gasteiger partial charge >= 0.3 is 0 Å². The third kappa shape index (κ3) is 1.35. The molecule has 10 heavy (non-hydrogen) atoms. The summed E-state index contributed by atoms with van der Waals surface area (Å²) in [6.45, 7) is 4.72. The van der Waals surface area contributed by atoms with Gasteiger partial charge in [-0.15, -0.1) is 0 Å². The lowest BCUT2D eigenvalue weighted by Crippen LogP contribution is -2.39. The first-order valence-electron chi connectivity index (χ1n) is 3.26. The number of rotatable bonds is 3. The fourth-order valence-electron chi connectivity index (χ4n) is 0.597. The van der Waals surface area contributed by atoms with Crippen molar-refractivity contribution in [3.05, 3.63) is 0 Å². The van der Waals surface area contributed by atoms with Gasteiger partial charge in [0.05, 0.1) is 0 Å². The first-order valence-corrected chi connectivity index (χ1v) is 3.26. The average Bonchev–Trinajstić information content (AvgIpc) is 1.85. The number of ketones is 1. The first-order chi connectivity index (χ1) is 4.45. The van der Waals surface area contributed by atoms with E-state index in [9.17, 15) is 9.59 Å². The molecule has 1 unspecified atom stereocenters. The van der Waals surface area contributed by atoms with Gasteiger partial charge in [0, 0.05) is 0 Å². The van der Waals surface area contributed by atoms with Gasteiger partial charge in [-0.05, 0) is 20.3 Å². The van der Waals surface area contributed by atoms with Gasteiger partial charge in [-0.1, -0.05) is 6.92 Å². The number of carbonyl (C=O) groups is 2. The van der Waals surface area contributed by atoms with E-state index in [1.165, 1.54) is 6.92 Å². The van der Waals surface area contributed by atoms with Crippen LogP contribution in [-0.2, 0) is 9.59 Å². The van der Waals surface area contributed by atoms with Gasteiger partial charge in [0.2, 0.25) is 5.91 Å². The highest BCUT2D eigenvalue weighted by Crippen LogP contribution is 2.20. The summed E-state index contributed by atoms with van der Waals surface area (Å²) >= 11 is 0. The zero-order chi connectivity index (χ0) is 8.36. The number of nitrogens with two attached hydrogens (primary N) is 1. The molecule has 0 aliphatic rings. The molecular formula is C7H13NO2. The Bertz CT molecular complexity index is 149. The molecule has 0 aromatic carbocycles. The second-order valence-corrected chi connectivity index (χ2v) is 2.61. The van der Waals surface area contributed by atoms with E-state index in [1.807, 2.05) is 0 Å². The monoisotopic (exact) mass is 143 g/mol. The largest absolute Gasteiger partial charge is 0.369 e. The smallest absolute Gasteiger partial charge is 0.230 e. The van der Waals surface area contributed by atoms with Crippen molar-refractivity contribution in [3.63, 3.8) is 0 Å². The number of amides is 1. The lowest BCUT2D eigenvalue weighted by molar-refractivity contribution is -0.138. The Morgan fingerprint density at radius 3 is 1.90 bits per heavy atom. The molecule has 0 bridgehead atoms. The molecule has 0 aromatic heterocycles. The minimum absolute atomic E-state index is 0.164. The lowest BCUT2D eigenvalue weighted by Gasteiger charge is -2.19. The van der Waals surface area contributed by atoms with Crippen molar-refractivity contribution >= 4 is 11.7 Å². The SMILES string of the molecule is CCC(C)(C(C)=O)C(N)=O. The molecule has 0 radical (unpaired) electrons. The third-order valence-corrected chi connectivity index (χ3v) is 2.03. The fraction of sp³-hybridized carbons (Fsp3) is 0.714. The van der Waals surface area contributed by atoms with Crippen LogP contribution in [0.25, 0.3) is 0 Å². The van der Waals surface area contributed by atoms with E-state index in [0.717, 1.165) is 0 Å². The summed E-state index contributed by atoms with van der Waals surface area (Å²) in [5.74, 6) is -0.704. The summed E-state index contributed by atoms with van der Waals surface area (Å²) in [5, 5.41) is 0. The standard InChI is InChI=1S/C7H13NO2/c1-4-7(3,5(2)9)6(8)10/h4H2,1-3H3,(H2,8,10). The predicted octanol–water partition coefficient (Wildman–Crippen LogP) is 0.477. The van der Waals surface area contributed by atoms with E-state index in [0.29, 0.717) is 6.42 Å². The van der Waals surface area contributed by atoms with Crippen molar-refractivity contribution in [3.8, 4) is 0 Å². The molecule has 1 atom stereocenters. The molecule has 0 aliphatic carbocycles. The van der Waals surface area contributed by atoms with Crippen molar-refractivity contribution in [1.82, 2.24) is 0 Å². The summed E-state index contributed by atoms with van der Waals surface area (Å²) in [6.07, 6.45) is 0.470. The Morgan fingerprint density at radius 1 is 1.50 bits per heavy atom. The molecule has 0 saturated carbocycles. The topological polar surface area (TPSA) is 60.2 Å². The van der Waals surface area contributed by atoms with Gasteiger partial charge in [0.1, 0.15) is 11.2 Å². The van der Waals surface area contributed by atoms with Gasteiger partial charge in [0.15, 0.2) is 0 Å². The summed E-state index contributed by atoms with van der Waals surface area (Å²) < 4.78 is 0. The van der Waals surface area contributed by atoms with Gasteiger partial charge in [-0.3, -0.25) is 9.59 Å². The maximum atomic E-state index is 10.8. The number of primary amides is 1. The minimum Gasteiger partial charge on any atom is -0.369 e. The van der Waals surface area contributed by atoms with Crippen LogP contribution in [0.4, 0.5) is 0 Å². The second kappa shape index (κ2) is 2.82. The van der Waals surface area contributed by atoms with E-state index >= 15 is 0 Å². The third-order valence-electron chi connectivity index (χ3n) is 2.03. The van der Waals surface area contributed by atoms with Crippen LogP contribution in [0.2, 0.25) is 0 Å². The normalized spacial score (nSPS) is 15.9. The Kier molecular flexibility index (Phi) is 2.57. The summed E-state index contributed by atoms with van der Waals surface area (Å²) in [6, 6.07) is 0. The van der Waals surface area contributed by atoms with E-state index in [2.05, 4.69) is 0 Å². The summed E-state index contributed by atoms with van der Waals surface area (Å²) in [7, 11) is 0. The maximum absolute atomic E-state index is 10.8. The fourth-order valence-corrected chi connectivity index (χ4v) is 0.597. The lowest BCUT2D eigenvalue weighted by atomic mass is 9.83. The molecule has 0 heterocycles. The van der Waals surface area contributed by atoms with E-state index in [1.54, 1.807) is 13.8 Å².